The minimum atomic E-state index is 0.606. The van der Waals surface area contributed by atoms with Crippen LogP contribution in [-0.2, 0) is 0 Å². The Morgan fingerprint density at radius 1 is 1.75 bits per heavy atom. The third kappa shape index (κ3) is 3.46. The zero-order chi connectivity index (χ0) is 6.57. The largest absolute Gasteiger partial charge is 0.386 e. The molecule has 0 aliphatic rings. The van der Waals surface area contributed by atoms with Gasteiger partial charge in [-0.15, -0.1) is 0 Å². The maximum atomic E-state index is 5.28. The van der Waals surface area contributed by atoms with Crippen molar-refractivity contribution < 1.29 is 0 Å². The van der Waals surface area contributed by atoms with Gasteiger partial charge in [0.15, 0.2) is 0 Å². The molecular formula is C5H13N3. The predicted octanol–water partition coefficient (Wildman–Crippen LogP) is 0.230. The summed E-state index contributed by atoms with van der Waals surface area (Å²) < 4.78 is 0. The highest BCUT2D eigenvalue weighted by atomic mass is 15.4. The second-order valence-corrected chi connectivity index (χ2v) is 1.72. The van der Waals surface area contributed by atoms with E-state index in [1.165, 1.54) is 0 Å². The van der Waals surface area contributed by atoms with Crippen LogP contribution in [0.5, 0.6) is 0 Å². The van der Waals surface area contributed by atoms with Crippen molar-refractivity contribution >= 4 is 5.84 Å². The highest BCUT2D eigenvalue weighted by Gasteiger charge is 1.83. The van der Waals surface area contributed by atoms with E-state index < -0.39 is 0 Å². The van der Waals surface area contributed by atoms with Gasteiger partial charge in [-0.1, -0.05) is 0 Å². The zero-order valence-corrected chi connectivity index (χ0v) is 5.68. The molecule has 0 spiro atoms. The van der Waals surface area contributed by atoms with Crippen molar-refractivity contribution in [1.82, 2.24) is 5.01 Å². The Morgan fingerprint density at radius 2 is 2.25 bits per heavy atom. The Hall–Kier alpha value is -0.730. The van der Waals surface area contributed by atoms with Gasteiger partial charge in [-0.05, 0) is 13.8 Å². The SMILES string of the molecule is CCN(C)N=C(C)N. The van der Waals surface area contributed by atoms with Crippen LogP contribution < -0.4 is 5.73 Å². The first-order chi connectivity index (χ1) is 3.66. The Balaban J connectivity index is 3.51. The van der Waals surface area contributed by atoms with Gasteiger partial charge in [-0.3, -0.25) is 5.01 Å². The maximum absolute atomic E-state index is 5.28. The van der Waals surface area contributed by atoms with Gasteiger partial charge in [0.05, 0.1) is 0 Å². The van der Waals surface area contributed by atoms with E-state index in [0.717, 1.165) is 6.54 Å². The van der Waals surface area contributed by atoms with E-state index in [1.54, 1.807) is 11.9 Å². The summed E-state index contributed by atoms with van der Waals surface area (Å²) in [5, 5.41) is 5.71. The molecule has 0 aromatic rings. The Bertz CT molecular complexity index is 83.7. The number of hydrazone groups is 1. The van der Waals surface area contributed by atoms with Crippen molar-refractivity contribution in [1.29, 1.82) is 0 Å². The summed E-state index contributed by atoms with van der Waals surface area (Å²) in [6.07, 6.45) is 0. The molecule has 3 nitrogen and oxygen atoms in total. The summed E-state index contributed by atoms with van der Waals surface area (Å²) in [6.45, 7) is 4.69. The van der Waals surface area contributed by atoms with E-state index in [2.05, 4.69) is 5.10 Å². The summed E-state index contributed by atoms with van der Waals surface area (Å²) in [5.41, 5.74) is 5.28. The molecule has 0 aromatic heterocycles. The van der Waals surface area contributed by atoms with Crippen molar-refractivity contribution in [3.05, 3.63) is 0 Å². The van der Waals surface area contributed by atoms with Gasteiger partial charge in [0.2, 0.25) is 0 Å². The minimum absolute atomic E-state index is 0.606. The highest BCUT2D eigenvalue weighted by Crippen LogP contribution is 1.79. The molecule has 0 aromatic carbocycles. The summed E-state index contributed by atoms with van der Waals surface area (Å²) in [6, 6.07) is 0. The quantitative estimate of drug-likeness (QED) is 0.318. The monoisotopic (exact) mass is 115 g/mol. The second-order valence-electron chi connectivity index (χ2n) is 1.72. The molecule has 0 bridgehead atoms. The van der Waals surface area contributed by atoms with Crippen LogP contribution in [-0.4, -0.2) is 24.4 Å². The van der Waals surface area contributed by atoms with Crippen LogP contribution in [0.25, 0.3) is 0 Å². The number of nitrogens with zero attached hydrogens (tertiary/aromatic N) is 2. The fraction of sp³-hybridized carbons (Fsp3) is 0.800. The second kappa shape index (κ2) is 3.29. The molecule has 0 radical (unpaired) electrons. The molecular weight excluding hydrogens is 102 g/mol. The molecule has 8 heavy (non-hydrogen) atoms. The minimum Gasteiger partial charge on any atom is -0.386 e. The Kier molecular flexibility index (Phi) is 2.99. The molecule has 0 aliphatic carbocycles. The molecule has 0 amide bonds. The van der Waals surface area contributed by atoms with Gasteiger partial charge < -0.3 is 5.73 Å². The lowest BCUT2D eigenvalue weighted by molar-refractivity contribution is 0.374. The lowest BCUT2D eigenvalue weighted by Gasteiger charge is -2.08. The van der Waals surface area contributed by atoms with Crippen molar-refractivity contribution in [2.75, 3.05) is 13.6 Å². The van der Waals surface area contributed by atoms with E-state index in [1.807, 2.05) is 14.0 Å². The van der Waals surface area contributed by atoms with Crippen molar-refractivity contribution in [3.63, 3.8) is 0 Å². The van der Waals surface area contributed by atoms with Gasteiger partial charge in [0, 0.05) is 13.6 Å². The Labute approximate surface area is 50.2 Å². The molecule has 2 N–H and O–H groups in total. The summed E-state index contributed by atoms with van der Waals surface area (Å²) in [7, 11) is 1.89. The van der Waals surface area contributed by atoms with Crippen LogP contribution in [0.4, 0.5) is 0 Å². The first-order valence-corrected chi connectivity index (χ1v) is 2.68. The van der Waals surface area contributed by atoms with Crippen molar-refractivity contribution in [2.24, 2.45) is 10.8 Å². The number of hydrogen-bond donors (Lipinski definition) is 1. The van der Waals surface area contributed by atoms with Crippen molar-refractivity contribution in [3.8, 4) is 0 Å². The lowest BCUT2D eigenvalue weighted by Crippen LogP contribution is -2.16. The third-order valence-electron chi connectivity index (χ3n) is 0.786. The molecule has 0 rings (SSSR count). The molecule has 0 saturated carbocycles. The van der Waals surface area contributed by atoms with Gasteiger partial charge in [0.1, 0.15) is 5.84 Å². The molecule has 48 valence electrons. The van der Waals surface area contributed by atoms with Crippen LogP contribution in [0.2, 0.25) is 0 Å². The van der Waals surface area contributed by atoms with Gasteiger partial charge in [-0.2, -0.15) is 5.10 Å². The molecule has 0 aliphatic heterocycles. The molecule has 0 saturated heterocycles. The maximum Gasteiger partial charge on any atom is 0.116 e. The van der Waals surface area contributed by atoms with E-state index in [-0.39, 0.29) is 0 Å². The fourth-order valence-electron chi connectivity index (χ4n) is 0.340. The average molecular weight is 115 g/mol. The van der Waals surface area contributed by atoms with Crippen LogP contribution in [0.3, 0.4) is 0 Å². The topological polar surface area (TPSA) is 41.6 Å². The summed E-state index contributed by atoms with van der Waals surface area (Å²) in [4.78, 5) is 0. The summed E-state index contributed by atoms with van der Waals surface area (Å²) in [5.74, 6) is 0.606. The number of amidine groups is 1. The van der Waals surface area contributed by atoms with Crippen LogP contribution in [0, 0.1) is 0 Å². The van der Waals surface area contributed by atoms with E-state index in [0.29, 0.717) is 5.84 Å². The van der Waals surface area contributed by atoms with Crippen LogP contribution >= 0.6 is 0 Å². The first-order valence-electron chi connectivity index (χ1n) is 2.68. The number of rotatable bonds is 2. The standard InChI is InChI=1S/C5H13N3/c1-4-8(3)7-5(2)6/h4H2,1-3H3,(H2,6,7). The third-order valence-corrected chi connectivity index (χ3v) is 0.786. The Morgan fingerprint density at radius 3 is 2.38 bits per heavy atom. The van der Waals surface area contributed by atoms with Gasteiger partial charge in [-0.25, -0.2) is 0 Å². The smallest absolute Gasteiger partial charge is 0.116 e. The average Bonchev–Trinajstić information content (AvgIpc) is 1.65. The normalized spacial score (nSPS) is 11.6. The zero-order valence-electron chi connectivity index (χ0n) is 5.68. The molecule has 0 heterocycles. The number of hydrogen-bond acceptors (Lipinski definition) is 2. The van der Waals surface area contributed by atoms with E-state index in [9.17, 15) is 0 Å². The highest BCUT2D eigenvalue weighted by molar-refractivity contribution is 5.77. The first kappa shape index (κ1) is 7.27. The molecule has 0 fully saturated rings. The van der Waals surface area contributed by atoms with Gasteiger partial charge in [0.25, 0.3) is 0 Å². The molecule has 0 atom stereocenters. The van der Waals surface area contributed by atoms with Gasteiger partial charge >= 0.3 is 0 Å². The van der Waals surface area contributed by atoms with Crippen LogP contribution in [0.1, 0.15) is 13.8 Å². The lowest BCUT2D eigenvalue weighted by atomic mass is 10.7. The predicted molar refractivity (Wildman–Crippen MR) is 35.6 cm³/mol. The van der Waals surface area contributed by atoms with E-state index in [4.69, 9.17) is 5.73 Å². The number of nitrogens with two attached hydrogens (primary N) is 1. The fourth-order valence-corrected chi connectivity index (χ4v) is 0.340. The summed E-state index contributed by atoms with van der Waals surface area (Å²) >= 11 is 0. The molecule has 3 heteroatoms. The van der Waals surface area contributed by atoms with Crippen LogP contribution in [0.15, 0.2) is 5.10 Å². The van der Waals surface area contributed by atoms with Crippen molar-refractivity contribution in [2.45, 2.75) is 13.8 Å². The molecule has 0 unspecified atom stereocenters. The van der Waals surface area contributed by atoms with E-state index >= 15 is 0 Å².